The molecule has 0 radical (unpaired) electrons. The van der Waals surface area contributed by atoms with Crippen molar-refractivity contribution in [2.45, 2.75) is 33.7 Å². The van der Waals surface area contributed by atoms with Gasteiger partial charge >= 0.3 is 0 Å². The molecule has 1 aromatic rings. The highest BCUT2D eigenvalue weighted by Crippen LogP contribution is 2.19. The van der Waals surface area contributed by atoms with Crippen LogP contribution in [0.4, 0.5) is 0 Å². The maximum absolute atomic E-state index is 3.41. The average molecular weight is 209 g/mol. The van der Waals surface area contributed by atoms with E-state index in [2.05, 4.69) is 50.5 Å². The summed E-state index contributed by atoms with van der Waals surface area (Å²) in [6.07, 6.45) is 2.29. The van der Waals surface area contributed by atoms with Gasteiger partial charge in [0.25, 0.3) is 0 Å². The van der Waals surface area contributed by atoms with Crippen molar-refractivity contribution in [1.82, 2.24) is 5.32 Å². The van der Waals surface area contributed by atoms with E-state index in [0.717, 1.165) is 6.54 Å². The maximum Gasteiger partial charge on any atom is 0.0299 e. The van der Waals surface area contributed by atoms with E-state index in [9.17, 15) is 0 Å². The predicted molar refractivity (Wildman–Crippen MR) is 65.8 cm³/mol. The summed E-state index contributed by atoms with van der Waals surface area (Å²) in [5.74, 6) is 0. The lowest BCUT2D eigenvalue weighted by atomic mass is 10.1. The summed E-state index contributed by atoms with van der Waals surface area (Å²) in [5.41, 5.74) is 2.77. The maximum atomic E-state index is 3.41. The topological polar surface area (TPSA) is 12.0 Å². The first-order chi connectivity index (χ1) is 6.65. The molecule has 0 bridgehead atoms. The Morgan fingerprint density at radius 1 is 1.64 bits per heavy atom. The largest absolute Gasteiger partial charge is 0.311 e. The van der Waals surface area contributed by atoms with Crippen LogP contribution in [0.15, 0.2) is 17.0 Å². The Hall–Kier alpha value is -0.600. The summed E-state index contributed by atoms with van der Waals surface area (Å²) < 4.78 is 0. The van der Waals surface area contributed by atoms with Crippen LogP contribution >= 0.6 is 11.3 Å². The molecule has 1 aromatic heterocycles. The molecule has 0 fully saturated rings. The molecule has 1 nitrogen and oxygen atoms in total. The van der Waals surface area contributed by atoms with Crippen molar-refractivity contribution in [3.05, 3.63) is 27.5 Å². The van der Waals surface area contributed by atoms with Crippen LogP contribution in [0.5, 0.6) is 0 Å². The first-order valence-corrected chi connectivity index (χ1v) is 5.98. The van der Waals surface area contributed by atoms with Crippen LogP contribution in [-0.2, 0) is 0 Å². The molecule has 0 saturated heterocycles. The summed E-state index contributed by atoms with van der Waals surface area (Å²) in [4.78, 5) is 1.38. The van der Waals surface area contributed by atoms with Gasteiger partial charge in [0.15, 0.2) is 0 Å². The second-order valence-corrected chi connectivity index (χ2v) is 4.58. The minimum absolute atomic E-state index is 0.474. The highest BCUT2D eigenvalue weighted by molar-refractivity contribution is 7.11. The molecule has 1 atom stereocenters. The van der Waals surface area contributed by atoms with Crippen molar-refractivity contribution >= 4 is 17.4 Å². The lowest BCUT2D eigenvalue weighted by molar-refractivity contribution is 0.636. The van der Waals surface area contributed by atoms with Gasteiger partial charge < -0.3 is 5.32 Å². The Labute approximate surface area is 90.9 Å². The van der Waals surface area contributed by atoms with E-state index in [-0.39, 0.29) is 0 Å². The van der Waals surface area contributed by atoms with E-state index < -0.39 is 0 Å². The molecule has 2 heteroatoms. The van der Waals surface area contributed by atoms with Crippen LogP contribution in [0, 0.1) is 6.92 Å². The second-order valence-electron chi connectivity index (χ2n) is 3.64. The zero-order valence-electron chi connectivity index (χ0n) is 9.42. The van der Waals surface area contributed by atoms with Gasteiger partial charge in [0.2, 0.25) is 0 Å². The molecule has 0 spiro atoms. The fourth-order valence-corrected chi connectivity index (χ4v) is 2.26. The monoisotopic (exact) mass is 209 g/mol. The third-order valence-electron chi connectivity index (χ3n) is 2.45. The minimum atomic E-state index is 0.474. The van der Waals surface area contributed by atoms with Crippen molar-refractivity contribution in [3.63, 3.8) is 0 Å². The summed E-state index contributed by atoms with van der Waals surface area (Å²) in [6.45, 7) is 9.72. The zero-order valence-corrected chi connectivity index (χ0v) is 10.2. The van der Waals surface area contributed by atoms with E-state index >= 15 is 0 Å². The average Bonchev–Trinajstić information content (AvgIpc) is 2.52. The molecule has 0 saturated carbocycles. The number of rotatable bonds is 4. The predicted octanol–water partition coefficient (Wildman–Crippen LogP) is 3.46. The van der Waals surface area contributed by atoms with Crippen LogP contribution in [0.3, 0.4) is 0 Å². The SMILES string of the molecule is CCNC(C)/C(C)=C/c1sccc1C. The molecule has 0 aliphatic carbocycles. The molecular weight excluding hydrogens is 190 g/mol. The van der Waals surface area contributed by atoms with Crippen molar-refractivity contribution in [2.24, 2.45) is 0 Å². The molecule has 1 N–H and O–H groups in total. The molecule has 1 unspecified atom stereocenters. The van der Waals surface area contributed by atoms with E-state index in [0.29, 0.717) is 6.04 Å². The Morgan fingerprint density at radius 3 is 2.86 bits per heavy atom. The van der Waals surface area contributed by atoms with E-state index in [1.807, 2.05) is 11.3 Å². The number of likely N-dealkylation sites (N-methyl/N-ethyl adjacent to an activating group) is 1. The normalized spacial score (nSPS) is 14.4. The van der Waals surface area contributed by atoms with Crippen LogP contribution in [0.2, 0.25) is 0 Å². The first kappa shape index (κ1) is 11.5. The fourth-order valence-electron chi connectivity index (χ4n) is 1.33. The van der Waals surface area contributed by atoms with Gasteiger partial charge in [-0.25, -0.2) is 0 Å². The van der Waals surface area contributed by atoms with Gasteiger partial charge in [-0.3, -0.25) is 0 Å². The van der Waals surface area contributed by atoms with Gasteiger partial charge in [0.05, 0.1) is 0 Å². The molecule has 78 valence electrons. The molecule has 0 aromatic carbocycles. The molecule has 14 heavy (non-hydrogen) atoms. The van der Waals surface area contributed by atoms with Gasteiger partial charge in [0, 0.05) is 10.9 Å². The van der Waals surface area contributed by atoms with Gasteiger partial charge in [-0.1, -0.05) is 12.5 Å². The highest BCUT2D eigenvalue weighted by Gasteiger charge is 2.03. The van der Waals surface area contributed by atoms with Crippen molar-refractivity contribution < 1.29 is 0 Å². The van der Waals surface area contributed by atoms with Gasteiger partial charge in [-0.15, -0.1) is 11.3 Å². The molecule has 0 amide bonds. The molecular formula is C12H19NS. The number of hydrogen-bond donors (Lipinski definition) is 1. The standard InChI is InChI=1S/C12H19NS/c1-5-13-11(4)10(3)8-12-9(2)6-7-14-12/h6-8,11,13H,5H2,1-4H3/b10-8+. The number of thiophene rings is 1. The summed E-state index contributed by atoms with van der Waals surface area (Å²) in [7, 11) is 0. The summed E-state index contributed by atoms with van der Waals surface area (Å²) in [5, 5.41) is 5.56. The van der Waals surface area contributed by atoms with E-state index in [4.69, 9.17) is 0 Å². The first-order valence-electron chi connectivity index (χ1n) is 5.10. The summed E-state index contributed by atoms with van der Waals surface area (Å²) >= 11 is 1.81. The zero-order chi connectivity index (χ0) is 10.6. The van der Waals surface area contributed by atoms with Crippen LogP contribution in [0.25, 0.3) is 6.08 Å². The smallest absolute Gasteiger partial charge is 0.0299 e. The Bertz CT molecular complexity index is 312. The lowest BCUT2D eigenvalue weighted by Crippen LogP contribution is -2.26. The molecule has 1 heterocycles. The quantitative estimate of drug-likeness (QED) is 0.801. The van der Waals surface area contributed by atoms with Crippen LogP contribution in [0.1, 0.15) is 31.2 Å². The molecule has 0 aliphatic rings. The molecule has 1 rings (SSSR count). The minimum Gasteiger partial charge on any atom is -0.311 e. The van der Waals surface area contributed by atoms with Gasteiger partial charge in [0.1, 0.15) is 0 Å². The number of aryl methyl sites for hydroxylation is 1. The third kappa shape index (κ3) is 2.96. The lowest BCUT2D eigenvalue weighted by Gasteiger charge is -2.12. The second kappa shape index (κ2) is 5.32. The fraction of sp³-hybridized carbons (Fsp3) is 0.500. The Balaban J connectivity index is 2.73. The van der Waals surface area contributed by atoms with E-state index in [1.165, 1.54) is 16.0 Å². The third-order valence-corrected chi connectivity index (χ3v) is 3.42. The van der Waals surface area contributed by atoms with Gasteiger partial charge in [-0.2, -0.15) is 0 Å². The number of nitrogens with one attached hydrogen (secondary N) is 1. The van der Waals surface area contributed by atoms with Crippen molar-refractivity contribution in [3.8, 4) is 0 Å². The Kier molecular flexibility index (Phi) is 4.36. The number of hydrogen-bond acceptors (Lipinski definition) is 2. The van der Waals surface area contributed by atoms with Crippen molar-refractivity contribution in [1.29, 1.82) is 0 Å². The van der Waals surface area contributed by atoms with Gasteiger partial charge in [-0.05, 0) is 50.4 Å². The summed E-state index contributed by atoms with van der Waals surface area (Å²) in [6, 6.07) is 2.64. The highest BCUT2D eigenvalue weighted by atomic mass is 32.1. The Morgan fingerprint density at radius 2 is 2.36 bits per heavy atom. The van der Waals surface area contributed by atoms with E-state index in [1.54, 1.807) is 0 Å². The van der Waals surface area contributed by atoms with Crippen LogP contribution in [-0.4, -0.2) is 12.6 Å². The van der Waals surface area contributed by atoms with Crippen LogP contribution < -0.4 is 5.32 Å². The van der Waals surface area contributed by atoms with Crippen molar-refractivity contribution in [2.75, 3.05) is 6.54 Å². The molecule has 0 aliphatic heterocycles.